The lowest BCUT2D eigenvalue weighted by molar-refractivity contribution is 0.0528. The highest BCUT2D eigenvalue weighted by Crippen LogP contribution is 2.19. The molecule has 0 atom stereocenters. The van der Waals surface area contributed by atoms with E-state index in [0.717, 1.165) is 10.9 Å². The fraction of sp³-hybridized carbons (Fsp3) is 0.389. The number of nitrogens with zero attached hydrogens (tertiary/aromatic N) is 2. The highest BCUT2D eigenvalue weighted by atomic mass is 16.6. The number of alkyl carbamates (subject to hydrolysis) is 1. The lowest BCUT2D eigenvalue weighted by Crippen LogP contribution is -2.33. The van der Waals surface area contributed by atoms with Crippen molar-refractivity contribution in [1.29, 1.82) is 5.26 Å². The Hall–Kier alpha value is -2.81. The predicted molar refractivity (Wildman–Crippen MR) is 93.8 cm³/mol. The molecule has 0 saturated carbocycles. The number of para-hydroxylation sites is 1. The first-order chi connectivity index (χ1) is 11.4. The van der Waals surface area contributed by atoms with Crippen LogP contribution in [-0.4, -0.2) is 29.8 Å². The van der Waals surface area contributed by atoms with Crippen LogP contribution in [0.3, 0.4) is 0 Å². The van der Waals surface area contributed by atoms with Gasteiger partial charge in [-0.2, -0.15) is 5.26 Å². The summed E-state index contributed by atoms with van der Waals surface area (Å²) in [5, 5.41) is 16.0. The van der Waals surface area contributed by atoms with E-state index >= 15 is 0 Å². The van der Waals surface area contributed by atoms with E-state index in [-0.39, 0.29) is 0 Å². The molecule has 1 aromatic carbocycles. The molecule has 2 rings (SSSR count). The highest BCUT2D eigenvalue weighted by Gasteiger charge is 2.15. The molecule has 2 aromatic rings. The summed E-state index contributed by atoms with van der Waals surface area (Å²) in [5.41, 5.74) is 0.846. The second-order valence-corrected chi connectivity index (χ2v) is 6.40. The predicted octanol–water partition coefficient (Wildman–Crippen LogP) is 3.43. The zero-order chi connectivity index (χ0) is 17.6. The standard InChI is InChI=1S/C18H22N4O2/c1-18(2,3)24-17(23)21-10-6-9-20-16-14(12-19)11-13-7-4-5-8-15(13)22-16/h4-5,7-8,11H,6,9-10H2,1-3H3,(H,20,22)(H,21,23). The molecule has 0 aliphatic carbocycles. The van der Waals surface area contributed by atoms with E-state index in [0.29, 0.717) is 30.9 Å². The number of anilines is 1. The fourth-order valence-electron chi connectivity index (χ4n) is 2.14. The molecule has 0 unspecified atom stereocenters. The summed E-state index contributed by atoms with van der Waals surface area (Å²) in [6, 6.07) is 11.6. The topological polar surface area (TPSA) is 87.0 Å². The molecule has 0 fully saturated rings. The summed E-state index contributed by atoms with van der Waals surface area (Å²) in [6.45, 7) is 6.54. The summed E-state index contributed by atoms with van der Waals surface area (Å²) in [4.78, 5) is 16.0. The van der Waals surface area contributed by atoms with Gasteiger partial charge in [0, 0.05) is 18.5 Å². The summed E-state index contributed by atoms with van der Waals surface area (Å²) >= 11 is 0. The van der Waals surface area contributed by atoms with Crippen LogP contribution < -0.4 is 10.6 Å². The van der Waals surface area contributed by atoms with E-state index in [1.807, 2.05) is 51.1 Å². The number of pyridine rings is 1. The third kappa shape index (κ3) is 5.13. The van der Waals surface area contributed by atoms with Gasteiger partial charge in [0.25, 0.3) is 0 Å². The van der Waals surface area contributed by atoms with Crippen molar-refractivity contribution in [2.24, 2.45) is 0 Å². The minimum absolute atomic E-state index is 0.427. The summed E-state index contributed by atoms with van der Waals surface area (Å²) in [6.07, 6.45) is 0.266. The van der Waals surface area contributed by atoms with Crippen molar-refractivity contribution in [1.82, 2.24) is 10.3 Å². The average molecular weight is 326 g/mol. The Morgan fingerprint density at radius 2 is 2.04 bits per heavy atom. The van der Waals surface area contributed by atoms with E-state index < -0.39 is 11.7 Å². The summed E-state index contributed by atoms with van der Waals surface area (Å²) < 4.78 is 5.16. The van der Waals surface area contributed by atoms with Gasteiger partial charge in [0.15, 0.2) is 0 Å². The van der Waals surface area contributed by atoms with Crippen LogP contribution in [0.2, 0.25) is 0 Å². The van der Waals surface area contributed by atoms with Gasteiger partial charge in [0.1, 0.15) is 17.5 Å². The van der Waals surface area contributed by atoms with Gasteiger partial charge in [0.05, 0.1) is 11.1 Å². The molecule has 126 valence electrons. The molecule has 2 N–H and O–H groups in total. The number of hydrogen-bond donors (Lipinski definition) is 2. The van der Waals surface area contributed by atoms with Gasteiger partial charge < -0.3 is 15.4 Å². The van der Waals surface area contributed by atoms with Gasteiger partial charge in [-0.25, -0.2) is 9.78 Å². The molecule has 0 saturated heterocycles. The van der Waals surface area contributed by atoms with Crippen LogP contribution in [0.5, 0.6) is 0 Å². The van der Waals surface area contributed by atoms with Crippen molar-refractivity contribution >= 4 is 22.8 Å². The smallest absolute Gasteiger partial charge is 0.407 e. The van der Waals surface area contributed by atoms with E-state index in [4.69, 9.17) is 4.74 Å². The molecule has 0 bridgehead atoms. The Bertz CT molecular complexity index is 760. The molecular weight excluding hydrogens is 304 g/mol. The number of ether oxygens (including phenoxy) is 1. The van der Waals surface area contributed by atoms with Gasteiger partial charge in [-0.15, -0.1) is 0 Å². The van der Waals surface area contributed by atoms with Crippen LogP contribution in [0, 0.1) is 11.3 Å². The number of benzene rings is 1. The Labute approximate surface area is 141 Å². The SMILES string of the molecule is CC(C)(C)OC(=O)NCCCNc1nc2ccccc2cc1C#N. The first kappa shape index (κ1) is 17.5. The quantitative estimate of drug-likeness (QED) is 0.822. The van der Waals surface area contributed by atoms with Gasteiger partial charge in [-0.05, 0) is 39.3 Å². The maximum Gasteiger partial charge on any atom is 0.407 e. The summed E-state index contributed by atoms with van der Waals surface area (Å²) in [5.74, 6) is 0.563. The van der Waals surface area contributed by atoms with Crippen LogP contribution in [0.15, 0.2) is 30.3 Å². The van der Waals surface area contributed by atoms with E-state index in [2.05, 4.69) is 21.7 Å². The Balaban J connectivity index is 1.85. The van der Waals surface area contributed by atoms with Gasteiger partial charge in [-0.1, -0.05) is 18.2 Å². The van der Waals surface area contributed by atoms with Crippen molar-refractivity contribution < 1.29 is 9.53 Å². The fourth-order valence-corrected chi connectivity index (χ4v) is 2.14. The number of rotatable bonds is 5. The third-order valence-corrected chi connectivity index (χ3v) is 3.16. The second kappa shape index (κ2) is 7.64. The number of aromatic nitrogens is 1. The van der Waals surface area contributed by atoms with Crippen LogP contribution in [0.1, 0.15) is 32.8 Å². The zero-order valence-electron chi connectivity index (χ0n) is 14.2. The number of amides is 1. The number of carbonyl (C=O) groups is 1. The Kier molecular flexibility index (Phi) is 5.59. The molecule has 0 aliphatic heterocycles. The average Bonchev–Trinajstić information content (AvgIpc) is 2.52. The normalized spacial score (nSPS) is 10.9. The molecule has 6 nitrogen and oxygen atoms in total. The van der Waals surface area contributed by atoms with Crippen LogP contribution in [0.4, 0.5) is 10.6 Å². The van der Waals surface area contributed by atoms with Crippen molar-refractivity contribution in [3.63, 3.8) is 0 Å². The molecule has 6 heteroatoms. The minimum atomic E-state index is -0.501. The Morgan fingerprint density at radius 3 is 2.75 bits per heavy atom. The number of nitriles is 1. The maximum atomic E-state index is 11.5. The number of fused-ring (bicyclic) bond motifs is 1. The monoisotopic (exact) mass is 326 g/mol. The largest absolute Gasteiger partial charge is 0.444 e. The second-order valence-electron chi connectivity index (χ2n) is 6.40. The third-order valence-electron chi connectivity index (χ3n) is 3.16. The number of carbonyl (C=O) groups excluding carboxylic acids is 1. The van der Waals surface area contributed by atoms with Crippen molar-refractivity contribution in [2.45, 2.75) is 32.8 Å². The molecule has 1 amide bonds. The molecule has 0 radical (unpaired) electrons. The maximum absolute atomic E-state index is 11.5. The van der Waals surface area contributed by atoms with Gasteiger partial charge >= 0.3 is 6.09 Å². The lowest BCUT2D eigenvalue weighted by Gasteiger charge is -2.19. The molecular formula is C18H22N4O2. The van der Waals surface area contributed by atoms with E-state index in [1.54, 1.807) is 0 Å². The molecule has 24 heavy (non-hydrogen) atoms. The lowest BCUT2D eigenvalue weighted by atomic mass is 10.1. The van der Waals surface area contributed by atoms with E-state index in [9.17, 15) is 10.1 Å². The minimum Gasteiger partial charge on any atom is -0.444 e. The first-order valence-electron chi connectivity index (χ1n) is 7.90. The molecule has 0 aliphatic rings. The van der Waals surface area contributed by atoms with Crippen molar-refractivity contribution in [2.75, 3.05) is 18.4 Å². The van der Waals surface area contributed by atoms with Crippen molar-refractivity contribution in [3.8, 4) is 6.07 Å². The molecule has 1 heterocycles. The van der Waals surface area contributed by atoms with Gasteiger partial charge in [0.2, 0.25) is 0 Å². The van der Waals surface area contributed by atoms with Gasteiger partial charge in [-0.3, -0.25) is 0 Å². The first-order valence-corrected chi connectivity index (χ1v) is 7.90. The van der Waals surface area contributed by atoms with Crippen LogP contribution in [-0.2, 0) is 4.74 Å². The highest BCUT2D eigenvalue weighted by molar-refractivity contribution is 5.82. The molecule has 0 spiro atoms. The van der Waals surface area contributed by atoms with Crippen LogP contribution in [0.25, 0.3) is 10.9 Å². The van der Waals surface area contributed by atoms with Crippen LogP contribution >= 0.6 is 0 Å². The Morgan fingerprint density at radius 1 is 1.29 bits per heavy atom. The van der Waals surface area contributed by atoms with Crippen molar-refractivity contribution in [3.05, 3.63) is 35.9 Å². The summed E-state index contributed by atoms with van der Waals surface area (Å²) in [7, 11) is 0. The zero-order valence-corrected chi connectivity index (χ0v) is 14.2. The van der Waals surface area contributed by atoms with E-state index in [1.165, 1.54) is 0 Å². The number of hydrogen-bond acceptors (Lipinski definition) is 5. The molecule has 1 aromatic heterocycles. The number of nitrogens with one attached hydrogen (secondary N) is 2.